The average Bonchev–Trinajstić information content (AvgIpc) is 2.37. The van der Waals surface area contributed by atoms with Crippen LogP contribution in [0.1, 0.15) is 52.9 Å². The van der Waals surface area contributed by atoms with Crippen molar-refractivity contribution in [3.8, 4) is 0 Å². The van der Waals surface area contributed by atoms with E-state index in [0.717, 1.165) is 32.2 Å². The number of hydrogen-bond acceptors (Lipinski definition) is 3. The van der Waals surface area contributed by atoms with Gasteiger partial charge in [-0.1, -0.05) is 33.6 Å². The van der Waals surface area contributed by atoms with Gasteiger partial charge in [0.15, 0.2) is 0 Å². The van der Waals surface area contributed by atoms with Crippen LogP contribution in [0.3, 0.4) is 0 Å². The fourth-order valence-electron chi connectivity index (χ4n) is 2.88. The highest BCUT2D eigenvalue weighted by molar-refractivity contribution is 5.85. The van der Waals surface area contributed by atoms with Crippen molar-refractivity contribution in [1.29, 1.82) is 0 Å². The molecule has 4 nitrogen and oxygen atoms in total. The molecule has 4 heteroatoms. The molecular formula is C17H32N2O2. The molecule has 0 aromatic rings. The largest absolute Gasteiger partial charge is 0.355 e. The molecule has 1 fully saturated rings. The van der Waals surface area contributed by atoms with E-state index in [-0.39, 0.29) is 28.9 Å². The first-order chi connectivity index (χ1) is 9.71. The predicted molar refractivity (Wildman–Crippen MR) is 86.1 cm³/mol. The molecule has 0 saturated heterocycles. The zero-order valence-electron chi connectivity index (χ0n) is 14.4. The van der Waals surface area contributed by atoms with Gasteiger partial charge in [0.25, 0.3) is 0 Å². The highest BCUT2D eigenvalue weighted by Gasteiger charge is 2.34. The molecule has 1 rings (SSSR count). The highest BCUT2D eigenvalue weighted by atomic mass is 16.2. The molecule has 1 aliphatic carbocycles. The summed E-state index contributed by atoms with van der Waals surface area (Å²) in [7, 11) is 4.00. The maximum absolute atomic E-state index is 12.4. The van der Waals surface area contributed by atoms with Gasteiger partial charge in [0.2, 0.25) is 5.91 Å². The molecule has 0 radical (unpaired) electrons. The first-order valence-corrected chi connectivity index (χ1v) is 8.17. The molecule has 0 aliphatic heterocycles. The van der Waals surface area contributed by atoms with E-state index in [1.54, 1.807) is 0 Å². The van der Waals surface area contributed by atoms with E-state index in [1.807, 2.05) is 34.9 Å². The fraction of sp³-hybridized carbons (Fsp3) is 0.882. The first-order valence-electron chi connectivity index (χ1n) is 8.17. The Labute approximate surface area is 129 Å². The van der Waals surface area contributed by atoms with E-state index in [1.165, 1.54) is 0 Å². The topological polar surface area (TPSA) is 49.4 Å². The third-order valence-corrected chi connectivity index (χ3v) is 4.39. The Hall–Kier alpha value is -0.900. The van der Waals surface area contributed by atoms with Crippen LogP contribution in [-0.2, 0) is 9.59 Å². The number of nitrogens with one attached hydrogen (secondary N) is 1. The quantitative estimate of drug-likeness (QED) is 0.819. The third kappa shape index (κ3) is 6.16. The van der Waals surface area contributed by atoms with E-state index in [4.69, 9.17) is 0 Å². The van der Waals surface area contributed by atoms with Crippen LogP contribution in [0.2, 0.25) is 0 Å². The van der Waals surface area contributed by atoms with Crippen LogP contribution in [-0.4, -0.2) is 43.8 Å². The lowest BCUT2D eigenvalue weighted by Gasteiger charge is -2.32. The van der Waals surface area contributed by atoms with Crippen molar-refractivity contribution in [2.75, 3.05) is 27.2 Å². The summed E-state index contributed by atoms with van der Waals surface area (Å²) in [5.41, 5.74) is -0.302. The van der Waals surface area contributed by atoms with Crippen LogP contribution in [0.15, 0.2) is 0 Å². The Morgan fingerprint density at radius 3 is 2.33 bits per heavy atom. The maximum atomic E-state index is 12.4. The predicted octanol–water partition coefficient (Wildman–Crippen LogP) is 2.48. The number of Topliss-reactive ketones (excluding diaryl/α,β-unsaturated/α-hetero) is 1. The molecule has 2 atom stereocenters. The van der Waals surface area contributed by atoms with Crippen LogP contribution >= 0.6 is 0 Å². The van der Waals surface area contributed by atoms with Gasteiger partial charge in [-0.25, -0.2) is 0 Å². The normalized spacial score (nSPS) is 23.1. The van der Waals surface area contributed by atoms with E-state index < -0.39 is 0 Å². The number of carbonyl (C=O) groups is 2. The molecule has 21 heavy (non-hydrogen) atoms. The summed E-state index contributed by atoms with van der Waals surface area (Å²) in [6.07, 6.45) is 4.73. The van der Waals surface area contributed by atoms with Crippen molar-refractivity contribution < 1.29 is 9.59 Å². The second kappa shape index (κ2) is 7.92. The zero-order valence-corrected chi connectivity index (χ0v) is 14.4. The Balaban J connectivity index is 2.56. The molecule has 0 aromatic heterocycles. The van der Waals surface area contributed by atoms with Gasteiger partial charge in [0.05, 0.1) is 0 Å². The van der Waals surface area contributed by atoms with Crippen LogP contribution in [0, 0.1) is 17.3 Å². The molecule has 2 unspecified atom stereocenters. The molecule has 1 amide bonds. The summed E-state index contributed by atoms with van der Waals surface area (Å²) in [4.78, 5) is 26.7. The standard InChI is InChI=1S/C17H32N2O2/c1-17(2,3)15(20)12-13-8-6-7-9-14(13)16(21)18-10-11-19(4)5/h13-14H,6-12H2,1-5H3,(H,18,21). The number of hydrogen-bond donors (Lipinski definition) is 1. The molecule has 0 bridgehead atoms. The number of carbonyl (C=O) groups excluding carboxylic acids is 2. The first kappa shape index (κ1) is 18.1. The maximum Gasteiger partial charge on any atom is 0.223 e. The minimum atomic E-state index is -0.302. The average molecular weight is 296 g/mol. The second-order valence-corrected chi connectivity index (χ2v) is 7.62. The summed E-state index contributed by atoms with van der Waals surface area (Å²) >= 11 is 0. The Bertz CT molecular complexity index is 358. The molecule has 0 spiro atoms. The van der Waals surface area contributed by atoms with Gasteiger partial charge < -0.3 is 10.2 Å². The Morgan fingerprint density at radius 1 is 1.14 bits per heavy atom. The molecule has 1 saturated carbocycles. The van der Waals surface area contributed by atoms with Gasteiger partial charge in [0.1, 0.15) is 5.78 Å². The van der Waals surface area contributed by atoms with Gasteiger partial charge in [-0.2, -0.15) is 0 Å². The summed E-state index contributed by atoms with van der Waals surface area (Å²) in [6, 6.07) is 0. The van der Waals surface area contributed by atoms with Gasteiger partial charge >= 0.3 is 0 Å². The molecule has 0 aromatic carbocycles. The lowest BCUT2D eigenvalue weighted by atomic mass is 9.73. The number of rotatable bonds is 6. The van der Waals surface area contributed by atoms with Gasteiger partial charge in [0, 0.05) is 30.8 Å². The van der Waals surface area contributed by atoms with Gasteiger partial charge in [-0.15, -0.1) is 0 Å². The minimum Gasteiger partial charge on any atom is -0.355 e. The number of likely N-dealkylation sites (N-methyl/N-ethyl adjacent to an activating group) is 1. The second-order valence-electron chi connectivity index (χ2n) is 7.62. The van der Waals surface area contributed by atoms with E-state index in [0.29, 0.717) is 13.0 Å². The monoisotopic (exact) mass is 296 g/mol. The summed E-state index contributed by atoms with van der Waals surface area (Å²) in [5.74, 6) is 0.667. The van der Waals surface area contributed by atoms with Crippen molar-refractivity contribution >= 4 is 11.7 Å². The van der Waals surface area contributed by atoms with E-state index in [9.17, 15) is 9.59 Å². The number of nitrogens with zero attached hydrogens (tertiary/aromatic N) is 1. The number of amides is 1. The third-order valence-electron chi connectivity index (χ3n) is 4.39. The summed E-state index contributed by atoms with van der Waals surface area (Å²) in [6.45, 7) is 7.42. The minimum absolute atomic E-state index is 0.0206. The highest BCUT2D eigenvalue weighted by Crippen LogP contribution is 2.34. The van der Waals surface area contributed by atoms with Crippen molar-refractivity contribution in [2.24, 2.45) is 17.3 Å². The van der Waals surface area contributed by atoms with Crippen LogP contribution < -0.4 is 5.32 Å². The van der Waals surface area contributed by atoms with Crippen molar-refractivity contribution in [1.82, 2.24) is 10.2 Å². The Morgan fingerprint density at radius 2 is 1.76 bits per heavy atom. The fourth-order valence-corrected chi connectivity index (χ4v) is 2.88. The van der Waals surface area contributed by atoms with Crippen LogP contribution in [0.5, 0.6) is 0 Å². The number of ketones is 1. The van der Waals surface area contributed by atoms with Crippen molar-refractivity contribution in [3.63, 3.8) is 0 Å². The Kier molecular flexibility index (Phi) is 6.85. The van der Waals surface area contributed by atoms with Crippen molar-refractivity contribution in [2.45, 2.75) is 52.9 Å². The van der Waals surface area contributed by atoms with Gasteiger partial charge in [-0.3, -0.25) is 9.59 Å². The molecule has 122 valence electrons. The molecule has 1 aliphatic rings. The summed E-state index contributed by atoms with van der Waals surface area (Å²) in [5, 5.41) is 3.03. The van der Waals surface area contributed by atoms with Crippen LogP contribution in [0.25, 0.3) is 0 Å². The van der Waals surface area contributed by atoms with Crippen LogP contribution in [0.4, 0.5) is 0 Å². The summed E-state index contributed by atoms with van der Waals surface area (Å²) < 4.78 is 0. The van der Waals surface area contributed by atoms with E-state index in [2.05, 4.69) is 10.2 Å². The lowest BCUT2D eigenvalue weighted by Crippen LogP contribution is -2.40. The molecular weight excluding hydrogens is 264 g/mol. The zero-order chi connectivity index (χ0) is 16.0. The smallest absolute Gasteiger partial charge is 0.223 e. The lowest BCUT2D eigenvalue weighted by molar-refractivity contribution is -0.131. The molecule has 1 N–H and O–H groups in total. The molecule has 0 heterocycles. The SMILES string of the molecule is CN(C)CCNC(=O)C1CCCCC1CC(=O)C(C)(C)C. The van der Waals surface area contributed by atoms with E-state index >= 15 is 0 Å². The van der Waals surface area contributed by atoms with Gasteiger partial charge in [-0.05, 0) is 32.9 Å². The van der Waals surface area contributed by atoms with Crippen molar-refractivity contribution in [3.05, 3.63) is 0 Å².